The number of allylic oxidation sites excluding steroid dienone is 1. The maximum absolute atomic E-state index is 13.3. The smallest absolute Gasteiger partial charge is 0.192 e. The van der Waals surface area contributed by atoms with E-state index in [2.05, 4.69) is 16.8 Å². The summed E-state index contributed by atoms with van der Waals surface area (Å²) < 4.78 is 28.1. The number of Topliss-reactive ketones (excluding diaryl/α,β-unsaturated/α-hetero) is 1. The number of halogens is 2. The van der Waals surface area contributed by atoms with Gasteiger partial charge in [-0.1, -0.05) is 23.9 Å². The van der Waals surface area contributed by atoms with Crippen LogP contribution in [-0.4, -0.2) is 26.3 Å². The maximum atomic E-state index is 13.3. The van der Waals surface area contributed by atoms with Crippen molar-refractivity contribution in [3.05, 3.63) is 65.6 Å². The van der Waals surface area contributed by atoms with Gasteiger partial charge in [0.1, 0.15) is 0 Å². The molecule has 0 unspecified atom stereocenters. The van der Waals surface area contributed by atoms with Gasteiger partial charge in [0, 0.05) is 12.1 Å². The van der Waals surface area contributed by atoms with Crippen molar-refractivity contribution in [1.29, 1.82) is 0 Å². The van der Waals surface area contributed by atoms with E-state index in [1.54, 1.807) is 17.4 Å². The summed E-state index contributed by atoms with van der Waals surface area (Å²) in [6.07, 6.45) is 1.72. The van der Waals surface area contributed by atoms with Gasteiger partial charge in [-0.2, -0.15) is 0 Å². The Bertz CT molecular complexity index is 907. The number of thiophene rings is 1. The Morgan fingerprint density at radius 1 is 1.28 bits per heavy atom. The highest BCUT2D eigenvalue weighted by Gasteiger charge is 2.16. The highest BCUT2D eigenvalue weighted by molar-refractivity contribution is 7.99. The van der Waals surface area contributed by atoms with E-state index in [4.69, 9.17) is 0 Å². The summed E-state index contributed by atoms with van der Waals surface area (Å²) in [4.78, 5) is 13.2. The summed E-state index contributed by atoms with van der Waals surface area (Å²) in [6.45, 7) is 4.24. The van der Waals surface area contributed by atoms with E-state index in [1.165, 1.54) is 17.8 Å². The van der Waals surface area contributed by atoms with Crippen molar-refractivity contribution >= 4 is 28.9 Å². The second-order valence-electron chi connectivity index (χ2n) is 5.02. The van der Waals surface area contributed by atoms with Crippen LogP contribution in [0.2, 0.25) is 0 Å². The fourth-order valence-electron chi connectivity index (χ4n) is 2.16. The molecule has 0 atom stereocenters. The maximum Gasteiger partial charge on any atom is 0.192 e. The summed E-state index contributed by atoms with van der Waals surface area (Å²) in [6, 6.07) is 6.99. The van der Waals surface area contributed by atoms with Crippen LogP contribution in [0.5, 0.6) is 0 Å². The number of aromatic nitrogens is 3. The van der Waals surface area contributed by atoms with Crippen molar-refractivity contribution in [2.75, 3.05) is 5.75 Å². The van der Waals surface area contributed by atoms with Gasteiger partial charge < -0.3 is 0 Å². The molecule has 8 heteroatoms. The second kappa shape index (κ2) is 7.71. The van der Waals surface area contributed by atoms with E-state index in [0.717, 1.165) is 17.0 Å². The van der Waals surface area contributed by atoms with Crippen molar-refractivity contribution in [3.8, 4) is 10.7 Å². The number of rotatable bonds is 7. The van der Waals surface area contributed by atoms with Crippen LogP contribution >= 0.6 is 23.1 Å². The van der Waals surface area contributed by atoms with Crippen LogP contribution in [0.4, 0.5) is 8.78 Å². The zero-order valence-corrected chi connectivity index (χ0v) is 14.6. The van der Waals surface area contributed by atoms with Crippen LogP contribution < -0.4 is 0 Å². The lowest BCUT2D eigenvalue weighted by atomic mass is 10.1. The molecule has 0 saturated heterocycles. The number of hydrogen-bond acceptors (Lipinski definition) is 5. The third-order valence-electron chi connectivity index (χ3n) is 3.34. The lowest BCUT2D eigenvalue weighted by Crippen LogP contribution is -2.06. The largest absolute Gasteiger partial charge is 0.297 e. The van der Waals surface area contributed by atoms with Gasteiger partial charge in [-0.15, -0.1) is 28.1 Å². The van der Waals surface area contributed by atoms with Gasteiger partial charge in [-0.3, -0.25) is 9.36 Å². The van der Waals surface area contributed by atoms with Crippen molar-refractivity contribution in [2.45, 2.75) is 11.7 Å². The average molecular weight is 377 g/mol. The Morgan fingerprint density at radius 2 is 2.12 bits per heavy atom. The molecular formula is C17H13F2N3OS2. The number of benzene rings is 1. The number of carbonyl (C=O) groups is 1. The molecule has 0 fully saturated rings. The lowest BCUT2D eigenvalue weighted by Gasteiger charge is -2.06. The van der Waals surface area contributed by atoms with E-state index < -0.39 is 11.6 Å². The molecule has 3 rings (SSSR count). The molecule has 25 heavy (non-hydrogen) atoms. The molecule has 4 nitrogen and oxygen atoms in total. The van der Waals surface area contributed by atoms with Crippen LogP contribution in [-0.2, 0) is 6.54 Å². The summed E-state index contributed by atoms with van der Waals surface area (Å²) >= 11 is 2.74. The predicted octanol–water partition coefficient (Wildman–Crippen LogP) is 4.45. The minimum Gasteiger partial charge on any atom is -0.297 e. The van der Waals surface area contributed by atoms with Crippen LogP contribution in [0.15, 0.2) is 53.5 Å². The molecule has 0 saturated carbocycles. The Kier molecular flexibility index (Phi) is 5.40. The average Bonchev–Trinajstić information content (AvgIpc) is 3.25. The molecule has 1 aromatic carbocycles. The van der Waals surface area contributed by atoms with Crippen LogP contribution in [0, 0.1) is 11.6 Å². The number of carbonyl (C=O) groups excluding carboxylic acids is 1. The first-order chi connectivity index (χ1) is 12.1. The monoisotopic (exact) mass is 377 g/mol. The highest BCUT2D eigenvalue weighted by atomic mass is 32.2. The van der Waals surface area contributed by atoms with E-state index in [9.17, 15) is 13.6 Å². The van der Waals surface area contributed by atoms with Gasteiger partial charge in [-0.25, -0.2) is 8.78 Å². The highest BCUT2D eigenvalue weighted by Crippen LogP contribution is 2.27. The SMILES string of the molecule is C=CCn1c(SCC(=O)c2ccc(F)c(F)c2)nnc1-c1cccs1. The van der Waals surface area contributed by atoms with Crippen LogP contribution in [0.1, 0.15) is 10.4 Å². The number of nitrogens with zero attached hydrogens (tertiary/aromatic N) is 3. The first kappa shape index (κ1) is 17.5. The Balaban J connectivity index is 1.77. The number of ketones is 1. The van der Waals surface area contributed by atoms with Gasteiger partial charge in [0.15, 0.2) is 28.4 Å². The van der Waals surface area contributed by atoms with E-state index >= 15 is 0 Å². The number of thioether (sulfide) groups is 1. The van der Waals surface area contributed by atoms with Crippen molar-refractivity contribution in [1.82, 2.24) is 14.8 Å². The summed E-state index contributed by atoms with van der Waals surface area (Å²) in [5.74, 6) is -1.57. The summed E-state index contributed by atoms with van der Waals surface area (Å²) in [5.41, 5.74) is 0.125. The van der Waals surface area contributed by atoms with Gasteiger partial charge >= 0.3 is 0 Å². The second-order valence-corrected chi connectivity index (χ2v) is 6.91. The van der Waals surface area contributed by atoms with Gasteiger partial charge in [0.25, 0.3) is 0 Å². The number of hydrogen-bond donors (Lipinski definition) is 0. The zero-order chi connectivity index (χ0) is 17.8. The van der Waals surface area contributed by atoms with Gasteiger partial charge in [-0.05, 0) is 29.6 Å². The Labute approximate surface area is 151 Å². The summed E-state index contributed by atoms with van der Waals surface area (Å²) in [7, 11) is 0. The molecule has 0 amide bonds. The normalized spacial score (nSPS) is 10.8. The lowest BCUT2D eigenvalue weighted by molar-refractivity contribution is 0.102. The Morgan fingerprint density at radius 3 is 2.80 bits per heavy atom. The molecule has 2 heterocycles. The summed E-state index contributed by atoms with van der Waals surface area (Å²) in [5, 5.41) is 10.8. The third kappa shape index (κ3) is 3.85. The molecule has 0 spiro atoms. The molecule has 0 N–H and O–H groups in total. The van der Waals surface area contributed by atoms with Crippen LogP contribution in [0.25, 0.3) is 10.7 Å². The van der Waals surface area contributed by atoms with E-state index in [0.29, 0.717) is 17.5 Å². The zero-order valence-electron chi connectivity index (χ0n) is 13.0. The topological polar surface area (TPSA) is 47.8 Å². The molecule has 0 aliphatic carbocycles. The van der Waals surface area contributed by atoms with Gasteiger partial charge in [0.05, 0.1) is 10.6 Å². The standard InChI is InChI=1S/C17H13F2N3OS2/c1-2-7-22-16(15-4-3-8-24-15)20-21-17(22)25-10-14(23)11-5-6-12(18)13(19)9-11/h2-6,8-9H,1,7,10H2. The quantitative estimate of drug-likeness (QED) is 0.347. The van der Waals surface area contributed by atoms with Crippen LogP contribution in [0.3, 0.4) is 0 Å². The van der Waals surface area contributed by atoms with E-state index in [1.807, 2.05) is 22.1 Å². The molecular weight excluding hydrogens is 364 g/mol. The minimum atomic E-state index is -1.04. The molecule has 2 aromatic heterocycles. The van der Waals surface area contributed by atoms with Crippen molar-refractivity contribution in [2.24, 2.45) is 0 Å². The third-order valence-corrected chi connectivity index (χ3v) is 5.18. The predicted molar refractivity (Wildman–Crippen MR) is 94.9 cm³/mol. The van der Waals surface area contributed by atoms with Gasteiger partial charge in [0.2, 0.25) is 0 Å². The molecule has 0 aliphatic heterocycles. The first-order valence-electron chi connectivity index (χ1n) is 7.29. The minimum absolute atomic E-state index is 0.0464. The first-order valence-corrected chi connectivity index (χ1v) is 9.15. The van der Waals surface area contributed by atoms with Crippen molar-refractivity contribution in [3.63, 3.8) is 0 Å². The molecule has 128 valence electrons. The van der Waals surface area contributed by atoms with Crippen molar-refractivity contribution < 1.29 is 13.6 Å². The van der Waals surface area contributed by atoms with E-state index in [-0.39, 0.29) is 17.1 Å². The molecule has 0 radical (unpaired) electrons. The Hall–Kier alpha value is -2.32. The fraction of sp³-hybridized carbons (Fsp3) is 0.118. The molecule has 0 aliphatic rings. The fourth-order valence-corrected chi connectivity index (χ4v) is 3.72. The molecule has 0 bridgehead atoms. The molecule has 3 aromatic rings.